The molecule has 1 fully saturated rings. The van der Waals surface area contributed by atoms with Crippen molar-refractivity contribution in [1.29, 1.82) is 0 Å². The largest absolute Gasteiger partial charge is 0.294 e. The predicted octanol–water partition coefficient (Wildman–Crippen LogP) is -0.871. The molecule has 0 bridgehead atoms. The van der Waals surface area contributed by atoms with Crippen molar-refractivity contribution < 1.29 is 9.59 Å². The summed E-state index contributed by atoms with van der Waals surface area (Å²) in [5.41, 5.74) is 0. The smallest absolute Gasteiger partial charge is 0.247 e. The number of rotatable bonds is 1. The summed E-state index contributed by atoms with van der Waals surface area (Å²) in [7, 11) is 1.71. The number of imide groups is 1. The summed E-state index contributed by atoms with van der Waals surface area (Å²) in [4.78, 5) is 23.4. The average molecular weight is 154 g/mol. The molecule has 0 aliphatic carbocycles. The van der Waals surface area contributed by atoms with Crippen molar-refractivity contribution in [2.24, 2.45) is 0 Å². The van der Waals surface area contributed by atoms with Crippen LogP contribution in [0.15, 0.2) is 12.7 Å². The Morgan fingerprint density at radius 1 is 1.73 bits per heavy atom. The zero-order chi connectivity index (χ0) is 8.43. The molecule has 1 unspecified atom stereocenters. The molecule has 1 atom stereocenters. The second kappa shape index (κ2) is 2.84. The zero-order valence-corrected chi connectivity index (χ0v) is 6.33. The van der Waals surface area contributed by atoms with Gasteiger partial charge in [0, 0.05) is 0 Å². The van der Waals surface area contributed by atoms with Gasteiger partial charge in [-0.25, -0.2) is 0 Å². The lowest BCUT2D eigenvalue weighted by Crippen LogP contribution is -2.55. The molecule has 11 heavy (non-hydrogen) atoms. The van der Waals surface area contributed by atoms with Crippen LogP contribution in [0.3, 0.4) is 0 Å². The van der Waals surface area contributed by atoms with Gasteiger partial charge < -0.3 is 0 Å². The van der Waals surface area contributed by atoms with E-state index in [9.17, 15) is 9.59 Å². The van der Waals surface area contributed by atoms with Gasteiger partial charge in [0.05, 0.1) is 6.54 Å². The lowest BCUT2D eigenvalue weighted by molar-refractivity contribution is -0.137. The molecule has 0 radical (unpaired) electrons. The minimum Gasteiger partial charge on any atom is -0.294 e. The van der Waals surface area contributed by atoms with Crippen molar-refractivity contribution >= 4 is 11.8 Å². The van der Waals surface area contributed by atoms with Crippen LogP contribution >= 0.6 is 0 Å². The first-order valence-corrected chi connectivity index (χ1v) is 3.31. The fourth-order valence-electron chi connectivity index (χ4n) is 1.06. The highest BCUT2D eigenvalue weighted by molar-refractivity contribution is 6.01. The molecule has 0 saturated carbocycles. The van der Waals surface area contributed by atoms with E-state index in [1.165, 1.54) is 6.08 Å². The zero-order valence-electron chi connectivity index (χ0n) is 6.33. The van der Waals surface area contributed by atoms with Gasteiger partial charge in [-0.15, -0.1) is 6.58 Å². The van der Waals surface area contributed by atoms with Crippen LogP contribution in [0.4, 0.5) is 0 Å². The molecule has 60 valence electrons. The molecular formula is C7H10N2O2. The van der Waals surface area contributed by atoms with Crippen LogP contribution in [-0.4, -0.2) is 36.3 Å². The molecule has 1 aliphatic rings. The van der Waals surface area contributed by atoms with Gasteiger partial charge in [0.15, 0.2) is 0 Å². The summed E-state index contributed by atoms with van der Waals surface area (Å²) in [6.45, 7) is 3.75. The van der Waals surface area contributed by atoms with E-state index in [1.807, 2.05) is 0 Å². The quantitative estimate of drug-likeness (QED) is 0.394. The van der Waals surface area contributed by atoms with Crippen LogP contribution in [0.2, 0.25) is 0 Å². The van der Waals surface area contributed by atoms with Crippen molar-refractivity contribution in [2.45, 2.75) is 6.04 Å². The lowest BCUT2D eigenvalue weighted by atomic mass is 10.2. The molecule has 1 saturated heterocycles. The molecule has 1 N–H and O–H groups in total. The number of likely N-dealkylation sites (N-methyl/N-ethyl adjacent to an activating group) is 1. The molecule has 1 rings (SSSR count). The minimum atomic E-state index is -0.368. The van der Waals surface area contributed by atoms with Crippen molar-refractivity contribution in [3.05, 3.63) is 12.7 Å². The Balaban J connectivity index is 2.74. The maximum absolute atomic E-state index is 11.0. The van der Waals surface area contributed by atoms with Gasteiger partial charge in [-0.05, 0) is 7.05 Å². The number of piperazine rings is 1. The summed E-state index contributed by atoms with van der Waals surface area (Å²) < 4.78 is 0. The van der Waals surface area contributed by atoms with Crippen LogP contribution in [0, 0.1) is 0 Å². The fourth-order valence-corrected chi connectivity index (χ4v) is 1.06. The monoisotopic (exact) mass is 154 g/mol. The van der Waals surface area contributed by atoms with E-state index in [4.69, 9.17) is 0 Å². The molecule has 0 spiro atoms. The molecule has 2 amide bonds. The number of hydrogen-bond acceptors (Lipinski definition) is 3. The third kappa shape index (κ3) is 1.46. The second-order valence-electron chi connectivity index (χ2n) is 2.51. The third-order valence-corrected chi connectivity index (χ3v) is 1.62. The topological polar surface area (TPSA) is 49.4 Å². The SMILES string of the molecule is C=CC1C(=O)NC(=O)CN1C. The first-order chi connectivity index (χ1) is 5.15. The molecule has 4 nitrogen and oxygen atoms in total. The first kappa shape index (κ1) is 7.94. The standard InChI is InChI=1S/C7H10N2O2/c1-3-5-7(11)8-6(10)4-9(5)2/h3,5H,1,4H2,2H3,(H,8,10,11). The molecule has 4 heteroatoms. The van der Waals surface area contributed by atoms with Crippen molar-refractivity contribution in [2.75, 3.05) is 13.6 Å². The van der Waals surface area contributed by atoms with E-state index in [0.29, 0.717) is 0 Å². The van der Waals surface area contributed by atoms with E-state index in [-0.39, 0.29) is 24.4 Å². The first-order valence-electron chi connectivity index (χ1n) is 3.31. The van der Waals surface area contributed by atoms with Crippen molar-refractivity contribution in [3.8, 4) is 0 Å². The van der Waals surface area contributed by atoms with Gasteiger partial charge in [0.1, 0.15) is 6.04 Å². The Labute approximate surface area is 64.9 Å². The van der Waals surface area contributed by atoms with Crippen LogP contribution in [0.5, 0.6) is 0 Å². The molecule has 1 heterocycles. The number of nitrogens with one attached hydrogen (secondary N) is 1. The minimum absolute atomic E-state index is 0.252. The van der Waals surface area contributed by atoms with E-state index in [1.54, 1.807) is 11.9 Å². The van der Waals surface area contributed by atoms with Crippen LogP contribution in [-0.2, 0) is 9.59 Å². The van der Waals surface area contributed by atoms with Gasteiger partial charge in [-0.2, -0.15) is 0 Å². The predicted molar refractivity (Wildman–Crippen MR) is 39.8 cm³/mol. The summed E-state index contributed by atoms with van der Waals surface area (Å²) >= 11 is 0. The normalized spacial score (nSPS) is 26.5. The number of nitrogens with zero attached hydrogens (tertiary/aromatic N) is 1. The van der Waals surface area contributed by atoms with Gasteiger partial charge >= 0.3 is 0 Å². The van der Waals surface area contributed by atoms with Crippen molar-refractivity contribution in [1.82, 2.24) is 10.2 Å². The van der Waals surface area contributed by atoms with Crippen LogP contribution in [0.25, 0.3) is 0 Å². The van der Waals surface area contributed by atoms with E-state index in [0.717, 1.165) is 0 Å². The lowest BCUT2D eigenvalue weighted by Gasteiger charge is -2.27. The number of carbonyl (C=O) groups is 2. The Morgan fingerprint density at radius 2 is 2.36 bits per heavy atom. The van der Waals surface area contributed by atoms with Gasteiger partial charge in [-0.3, -0.25) is 19.8 Å². The molecule has 1 aliphatic heterocycles. The fraction of sp³-hybridized carbons (Fsp3) is 0.429. The Bertz CT molecular complexity index is 212. The summed E-state index contributed by atoms with van der Waals surface area (Å²) in [5.74, 6) is -0.547. The Hall–Kier alpha value is -1.16. The Morgan fingerprint density at radius 3 is 2.82 bits per heavy atom. The van der Waals surface area contributed by atoms with E-state index >= 15 is 0 Å². The number of carbonyl (C=O) groups excluding carboxylic acids is 2. The summed E-state index contributed by atoms with van der Waals surface area (Å²) in [6, 6.07) is -0.368. The highest BCUT2D eigenvalue weighted by Gasteiger charge is 2.28. The highest BCUT2D eigenvalue weighted by atomic mass is 16.2. The molecule has 0 aromatic carbocycles. The summed E-state index contributed by atoms with van der Waals surface area (Å²) in [6.07, 6.45) is 1.52. The van der Waals surface area contributed by atoms with Crippen LogP contribution < -0.4 is 5.32 Å². The van der Waals surface area contributed by atoms with E-state index in [2.05, 4.69) is 11.9 Å². The third-order valence-electron chi connectivity index (χ3n) is 1.62. The van der Waals surface area contributed by atoms with Gasteiger partial charge in [0.2, 0.25) is 11.8 Å². The number of hydrogen-bond donors (Lipinski definition) is 1. The Kier molecular flexibility index (Phi) is 2.05. The molecule has 0 aromatic heterocycles. The average Bonchev–Trinajstić information content (AvgIpc) is 1.85. The van der Waals surface area contributed by atoms with E-state index < -0.39 is 0 Å². The van der Waals surface area contributed by atoms with Crippen molar-refractivity contribution in [3.63, 3.8) is 0 Å². The summed E-state index contributed by atoms with van der Waals surface area (Å²) in [5, 5.41) is 2.22. The van der Waals surface area contributed by atoms with Gasteiger partial charge in [0.25, 0.3) is 0 Å². The molecular weight excluding hydrogens is 144 g/mol. The number of amides is 2. The highest BCUT2D eigenvalue weighted by Crippen LogP contribution is 2.01. The maximum Gasteiger partial charge on any atom is 0.247 e. The molecule has 0 aromatic rings. The maximum atomic E-state index is 11.0. The van der Waals surface area contributed by atoms with Crippen LogP contribution in [0.1, 0.15) is 0 Å². The second-order valence-corrected chi connectivity index (χ2v) is 2.51. The van der Waals surface area contributed by atoms with Gasteiger partial charge in [-0.1, -0.05) is 6.08 Å².